The minimum absolute atomic E-state index is 0.164. The summed E-state index contributed by atoms with van der Waals surface area (Å²) in [7, 11) is 0. The van der Waals surface area contributed by atoms with Crippen LogP contribution < -0.4 is 0 Å². The van der Waals surface area contributed by atoms with E-state index in [0.29, 0.717) is 26.7 Å². The Hall–Kier alpha value is -1.58. The number of hydrogen-bond acceptors (Lipinski definition) is 1. The molecule has 5 heteroatoms. The number of rotatable bonds is 3. The first-order valence-corrected chi connectivity index (χ1v) is 6.18. The third-order valence-electron chi connectivity index (χ3n) is 2.64. The quantitative estimate of drug-likeness (QED) is 0.910. The van der Waals surface area contributed by atoms with Crippen molar-refractivity contribution in [2.75, 3.05) is 0 Å². The number of aliphatic carboxylic acids is 1. The molecule has 0 heterocycles. The Morgan fingerprint density at radius 3 is 2.47 bits per heavy atom. The number of halogens is 3. The van der Waals surface area contributed by atoms with Crippen molar-refractivity contribution in [3.63, 3.8) is 0 Å². The number of carbonyl (C=O) groups is 1. The van der Waals surface area contributed by atoms with Crippen LogP contribution >= 0.6 is 23.2 Å². The van der Waals surface area contributed by atoms with Gasteiger partial charge in [-0.15, -0.1) is 0 Å². The van der Waals surface area contributed by atoms with E-state index in [0.717, 1.165) is 0 Å². The van der Waals surface area contributed by atoms with Crippen molar-refractivity contribution in [1.82, 2.24) is 0 Å². The first-order valence-electron chi connectivity index (χ1n) is 5.43. The molecular weight excluding hydrogens is 290 g/mol. The molecule has 2 rings (SSSR count). The zero-order chi connectivity index (χ0) is 14.0. The number of hydrogen-bond donors (Lipinski definition) is 1. The van der Waals surface area contributed by atoms with E-state index >= 15 is 0 Å². The van der Waals surface area contributed by atoms with Crippen LogP contribution in [0.4, 0.5) is 4.39 Å². The van der Waals surface area contributed by atoms with Crippen LogP contribution in [0.1, 0.15) is 5.56 Å². The van der Waals surface area contributed by atoms with Gasteiger partial charge < -0.3 is 5.11 Å². The van der Waals surface area contributed by atoms with Gasteiger partial charge in [0.15, 0.2) is 0 Å². The molecule has 0 aliphatic heterocycles. The van der Waals surface area contributed by atoms with Gasteiger partial charge in [-0.25, -0.2) is 4.39 Å². The van der Waals surface area contributed by atoms with Crippen molar-refractivity contribution in [3.8, 4) is 11.1 Å². The molecule has 0 radical (unpaired) electrons. The fraction of sp³-hybridized carbons (Fsp3) is 0.0714. The Balaban J connectivity index is 2.41. The monoisotopic (exact) mass is 298 g/mol. The third-order valence-corrected chi connectivity index (χ3v) is 3.22. The van der Waals surface area contributed by atoms with Gasteiger partial charge in [-0.1, -0.05) is 35.3 Å². The smallest absolute Gasteiger partial charge is 0.307 e. The summed E-state index contributed by atoms with van der Waals surface area (Å²) >= 11 is 11.7. The summed E-state index contributed by atoms with van der Waals surface area (Å²) in [4.78, 5) is 10.6. The maximum absolute atomic E-state index is 13.8. The molecule has 0 aliphatic carbocycles. The van der Waals surface area contributed by atoms with Crippen LogP contribution in [0.3, 0.4) is 0 Å². The van der Waals surface area contributed by atoms with Gasteiger partial charge >= 0.3 is 5.97 Å². The normalized spacial score (nSPS) is 10.5. The average Bonchev–Trinajstić information content (AvgIpc) is 2.31. The molecule has 0 unspecified atom stereocenters. The maximum atomic E-state index is 13.8. The van der Waals surface area contributed by atoms with E-state index in [2.05, 4.69) is 0 Å². The lowest BCUT2D eigenvalue weighted by Crippen LogP contribution is -2.00. The molecular formula is C14H9Cl2FO2. The SMILES string of the molecule is O=C(O)Cc1ccc(-c2ccc(Cl)cc2F)cc1Cl. The summed E-state index contributed by atoms with van der Waals surface area (Å²) in [5, 5.41) is 9.33. The van der Waals surface area contributed by atoms with Crippen molar-refractivity contribution >= 4 is 29.2 Å². The number of carboxylic acid groups (broad SMARTS) is 1. The minimum Gasteiger partial charge on any atom is -0.481 e. The van der Waals surface area contributed by atoms with E-state index in [-0.39, 0.29) is 6.42 Å². The molecule has 0 aromatic heterocycles. The molecule has 0 saturated heterocycles. The highest BCUT2D eigenvalue weighted by atomic mass is 35.5. The van der Waals surface area contributed by atoms with E-state index in [9.17, 15) is 9.18 Å². The lowest BCUT2D eigenvalue weighted by Gasteiger charge is -2.07. The Bertz CT molecular complexity index is 641. The van der Waals surface area contributed by atoms with Crippen LogP contribution in [0.5, 0.6) is 0 Å². The lowest BCUT2D eigenvalue weighted by atomic mass is 10.0. The lowest BCUT2D eigenvalue weighted by molar-refractivity contribution is -0.136. The highest BCUT2D eigenvalue weighted by molar-refractivity contribution is 6.32. The number of benzene rings is 2. The van der Waals surface area contributed by atoms with Gasteiger partial charge in [0.25, 0.3) is 0 Å². The van der Waals surface area contributed by atoms with Gasteiger partial charge in [-0.3, -0.25) is 4.79 Å². The van der Waals surface area contributed by atoms with Gasteiger partial charge in [0.1, 0.15) is 5.82 Å². The van der Waals surface area contributed by atoms with Crippen LogP contribution in [0.2, 0.25) is 10.0 Å². The first kappa shape index (κ1) is 13.8. The highest BCUT2D eigenvalue weighted by Gasteiger charge is 2.10. The topological polar surface area (TPSA) is 37.3 Å². The summed E-state index contributed by atoms with van der Waals surface area (Å²) in [6.45, 7) is 0. The van der Waals surface area contributed by atoms with E-state index in [4.69, 9.17) is 28.3 Å². The van der Waals surface area contributed by atoms with E-state index in [1.165, 1.54) is 6.07 Å². The molecule has 0 spiro atoms. The average molecular weight is 299 g/mol. The van der Waals surface area contributed by atoms with Crippen molar-refractivity contribution in [3.05, 3.63) is 57.8 Å². The molecule has 2 nitrogen and oxygen atoms in total. The molecule has 2 aromatic rings. The van der Waals surface area contributed by atoms with Crippen LogP contribution in [-0.2, 0) is 11.2 Å². The van der Waals surface area contributed by atoms with Gasteiger partial charge in [0, 0.05) is 15.6 Å². The Kier molecular flexibility index (Phi) is 4.08. The largest absolute Gasteiger partial charge is 0.481 e. The van der Waals surface area contributed by atoms with Crippen LogP contribution in [0.15, 0.2) is 36.4 Å². The zero-order valence-electron chi connectivity index (χ0n) is 9.66. The second kappa shape index (κ2) is 5.59. The van der Waals surface area contributed by atoms with Crippen LogP contribution in [-0.4, -0.2) is 11.1 Å². The van der Waals surface area contributed by atoms with Gasteiger partial charge in [-0.2, -0.15) is 0 Å². The van der Waals surface area contributed by atoms with Crippen molar-refractivity contribution in [2.24, 2.45) is 0 Å². The second-order valence-corrected chi connectivity index (χ2v) is 4.84. The molecule has 1 N–H and O–H groups in total. The molecule has 0 saturated carbocycles. The molecule has 0 fully saturated rings. The molecule has 0 bridgehead atoms. The third kappa shape index (κ3) is 3.25. The maximum Gasteiger partial charge on any atom is 0.307 e. The molecule has 19 heavy (non-hydrogen) atoms. The molecule has 98 valence electrons. The Morgan fingerprint density at radius 1 is 1.16 bits per heavy atom. The van der Waals surface area contributed by atoms with Crippen molar-refractivity contribution in [1.29, 1.82) is 0 Å². The fourth-order valence-electron chi connectivity index (χ4n) is 1.74. The second-order valence-electron chi connectivity index (χ2n) is 4.00. The summed E-state index contributed by atoms with van der Waals surface area (Å²) < 4.78 is 13.8. The van der Waals surface area contributed by atoms with E-state index in [1.54, 1.807) is 30.3 Å². The summed E-state index contributed by atoms with van der Waals surface area (Å²) in [5.41, 5.74) is 1.44. The van der Waals surface area contributed by atoms with E-state index < -0.39 is 11.8 Å². The van der Waals surface area contributed by atoms with Gasteiger partial charge in [0.2, 0.25) is 0 Å². The van der Waals surface area contributed by atoms with Crippen molar-refractivity contribution < 1.29 is 14.3 Å². The van der Waals surface area contributed by atoms with Gasteiger partial charge in [0.05, 0.1) is 6.42 Å². The molecule has 0 amide bonds. The molecule has 0 atom stereocenters. The predicted octanol–water partition coefficient (Wildman–Crippen LogP) is 4.43. The highest BCUT2D eigenvalue weighted by Crippen LogP contribution is 2.29. The zero-order valence-corrected chi connectivity index (χ0v) is 11.2. The predicted molar refractivity (Wildman–Crippen MR) is 73.2 cm³/mol. The standard InChI is InChI=1S/C14H9Cl2FO2/c15-10-3-4-11(13(17)7-10)8-1-2-9(6-14(18)19)12(16)5-8/h1-5,7H,6H2,(H,18,19). The number of carboxylic acids is 1. The summed E-state index contributed by atoms with van der Waals surface area (Å²) in [5.74, 6) is -1.41. The molecule has 0 aliphatic rings. The Labute approximate surface area is 119 Å². The minimum atomic E-state index is -0.965. The Morgan fingerprint density at radius 2 is 1.89 bits per heavy atom. The summed E-state index contributed by atoms with van der Waals surface area (Å²) in [6, 6.07) is 9.12. The fourth-order valence-corrected chi connectivity index (χ4v) is 2.15. The summed E-state index contributed by atoms with van der Waals surface area (Å²) in [6.07, 6.45) is -0.164. The van der Waals surface area contributed by atoms with E-state index in [1.807, 2.05) is 0 Å². The van der Waals surface area contributed by atoms with Crippen LogP contribution in [0, 0.1) is 5.82 Å². The van der Waals surface area contributed by atoms with Crippen molar-refractivity contribution in [2.45, 2.75) is 6.42 Å². The van der Waals surface area contributed by atoms with Gasteiger partial charge in [-0.05, 0) is 35.4 Å². The van der Waals surface area contributed by atoms with Crippen LogP contribution in [0.25, 0.3) is 11.1 Å². The first-order chi connectivity index (χ1) is 8.97. The molecule has 2 aromatic carbocycles.